The molecule has 1 aliphatic heterocycles. The monoisotopic (exact) mass is 266 g/mol. The van der Waals surface area contributed by atoms with Gasteiger partial charge in [0.25, 0.3) is 0 Å². The third kappa shape index (κ3) is 3.13. The van der Waals surface area contributed by atoms with Gasteiger partial charge in [0.15, 0.2) is 0 Å². The summed E-state index contributed by atoms with van der Waals surface area (Å²) in [6.45, 7) is 6.43. The molecule has 1 amide bonds. The van der Waals surface area contributed by atoms with Crippen molar-refractivity contribution in [2.24, 2.45) is 11.3 Å². The van der Waals surface area contributed by atoms with Crippen LogP contribution in [0.2, 0.25) is 0 Å². The van der Waals surface area contributed by atoms with Crippen molar-refractivity contribution in [3.8, 4) is 0 Å². The van der Waals surface area contributed by atoms with Crippen molar-refractivity contribution in [2.45, 2.75) is 64.8 Å². The zero-order valence-electron chi connectivity index (χ0n) is 12.9. The van der Waals surface area contributed by atoms with Gasteiger partial charge in [0.1, 0.15) is 0 Å². The second kappa shape index (κ2) is 6.25. The van der Waals surface area contributed by atoms with Gasteiger partial charge >= 0.3 is 0 Å². The lowest BCUT2D eigenvalue weighted by molar-refractivity contribution is -0.145. The number of carbonyl (C=O) groups excluding carboxylic acids is 1. The zero-order chi connectivity index (χ0) is 13.9. The first kappa shape index (κ1) is 14.8. The van der Waals surface area contributed by atoms with Gasteiger partial charge in [-0.2, -0.15) is 0 Å². The Labute approximate surface area is 118 Å². The largest absolute Gasteiger partial charge is 0.342 e. The Hall–Kier alpha value is -0.570. The fourth-order valence-electron chi connectivity index (χ4n) is 3.90. The molecule has 3 nitrogen and oxygen atoms in total. The molecule has 0 aromatic rings. The maximum Gasteiger partial charge on any atom is 0.230 e. The van der Waals surface area contributed by atoms with Crippen LogP contribution in [-0.2, 0) is 4.79 Å². The quantitative estimate of drug-likeness (QED) is 0.852. The third-order valence-electron chi connectivity index (χ3n) is 5.38. The molecule has 2 fully saturated rings. The molecular weight excluding hydrogens is 236 g/mol. The molecule has 110 valence electrons. The maximum absolute atomic E-state index is 12.9. The Balaban J connectivity index is 2.04. The van der Waals surface area contributed by atoms with E-state index in [1.165, 1.54) is 25.7 Å². The van der Waals surface area contributed by atoms with E-state index in [9.17, 15) is 4.79 Å². The highest BCUT2D eigenvalue weighted by molar-refractivity contribution is 5.83. The molecular formula is C16H30N2O. The first-order valence-electron chi connectivity index (χ1n) is 8.07. The summed E-state index contributed by atoms with van der Waals surface area (Å²) in [6.07, 6.45) is 8.15. The van der Waals surface area contributed by atoms with Gasteiger partial charge in [-0.25, -0.2) is 0 Å². The number of amides is 1. The number of hydrogen-bond acceptors (Lipinski definition) is 2. The van der Waals surface area contributed by atoms with Crippen LogP contribution in [0.5, 0.6) is 0 Å². The van der Waals surface area contributed by atoms with Crippen LogP contribution in [0.4, 0.5) is 0 Å². The standard InChI is InChI=1S/C16H30N2O/c1-4-16(9-6-10-17-12-16)15(19)18(3)14-8-5-7-13(2)11-14/h13-14,17H,4-12H2,1-3H3. The number of nitrogens with zero attached hydrogens (tertiary/aromatic N) is 1. The summed E-state index contributed by atoms with van der Waals surface area (Å²) < 4.78 is 0. The Morgan fingerprint density at radius 1 is 1.37 bits per heavy atom. The van der Waals surface area contributed by atoms with E-state index >= 15 is 0 Å². The van der Waals surface area contributed by atoms with E-state index in [-0.39, 0.29) is 5.41 Å². The molecule has 1 N–H and O–H groups in total. The highest BCUT2D eigenvalue weighted by atomic mass is 16.2. The zero-order valence-corrected chi connectivity index (χ0v) is 12.9. The number of hydrogen-bond donors (Lipinski definition) is 1. The highest BCUT2D eigenvalue weighted by Gasteiger charge is 2.41. The average molecular weight is 266 g/mol. The minimum absolute atomic E-state index is 0.131. The van der Waals surface area contributed by atoms with Gasteiger partial charge in [0, 0.05) is 19.6 Å². The molecule has 3 atom stereocenters. The van der Waals surface area contributed by atoms with Crippen LogP contribution in [0.25, 0.3) is 0 Å². The van der Waals surface area contributed by atoms with Gasteiger partial charge in [-0.05, 0) is 44.6 Å². The van der Waals surface area contributed by atoms with Gasteiger partial charge in [-0.1, -0.05) is 26.7 Å². The van der Waals surface area contributed by atoms with Crippen LogP contribution < -0.4 is 5.32 Å². The van der Waals surface area contributed by atoms with Gasteiger partial charge in [0.2, 0.25) is 5.91 Å². The topological polar surface area (TPSA) is 32.3 Å². The molecule has 2 rings (SSSR count). The number of piperidine rings is 1. The normalized spacial score (nSPS) is 35.9. The fourth-order valence-corrected chi connectivity index (χ4v) is 3.90. The Morgan fingerprint density at radius 2 is 2.16 bits per heavy atom. The molecule has 1 heterocycles. The van der Waals surface area contributed by atoms with Crippen LogP contribution in [-0.4, -0.2) is 37.0 Å². The molecule has 1 saturated carbocycles. The fraction of sp³-hybridized carbons (Fsp3) is 0.938. The van der Waals surface area contributed by atoms with Crippen molar-refractivity contribution in [3.05, 3.63) is 0 Å². The van der Waals surface area contributed by atoms with Crippen LogP contribution in [0, 0.1) is 11.3 Å². The first-order valence-corrected chi connectivity index (χ1v) is 8.07. The Kier molecular flexibility index (Phi) is 4.88. The summed E-state index contributed by atoms with van der Waals surface area (Å²) in [7, 11) is 2.04. The molecule has 0 aromatic heterocycles. The predicted molar refractivity (Wildman–Crippen MR) is 79.0 cm³/mol. The molecule has 1 saturated heterocycles. The maximum atomic E-state index is 12.9. The lowest BCUT2D eigenvalue weighted by Crippen LogP contribution is -2.53. The summed E-state index contributed by atoms with van der Waals surface area (Å²) in [5, 5.41) is 3.43. The van der Waals surface area contributed by atoms with E-state index in [0.717, 1.165) is 38.3 Å². The van der Waals surface area contributed by atoms with Crippen molar-refractivity contribution in [1.29, 1.82) is 0 Å². The molecule has 19 heavy (non-hydrogen) atoms. The molecule has 3 unspecified atom stereocenters. The SMILES string of the molecule is CCC1(C(=O)N(C)C2CCCC(C)C2)CCCNC1. The minimum atomic E-state index is -0.131. The molecule has 1 aliphatic carbocycles. The van der Waals surface area contributed by atoms with Crippen LogP contribution in [0.15, 0.2) is 0 Å². The lowest BCUT2D eigenvalue weighted by Gasteiger charge is -2.42. The van der Waals surface area contributed by atoms with Gasteiger partial charge in [0.05, 0.1) is 5.41 Å². The van der Waals surface area contributed by atoms with Crippen LogP contribution in [0.3, 0.4) is 0 Å². The van der Waals surface area contributed by atoms with Gasteiger partial charge in [-0.15, -0.1) is 0 Å². The molecule has 3 heteroatoms. The molecule has 0 bridgehead atoms. The van der Waals surface area contributed by atoms with E-state index < -0.39 is 0 Å². The third-order valence-corrected chi connectivity index (χ3v) is 5.38. The smallest absolute Gasteiger partial charge is 0.230 e. The molecule has 2 aliphatic rings. The van der Waals surface area contributed by atoms with E-state index in [1.807, 2.05) is 7.05 Å². The van der Waals surface area contributed by atoms with Crippen LogP contribution >= 0.6 is 0 Å². The number of rotatable bonds is 3. The Morgan fingerprint density at radius 3 is 2.74 bits per heavy atom. The van der Waals surface area contributed by atoms with Crippen LogP contribution in [0.1, 0.15) is 58.8 Å². The highest BCUT2D eigenvalue weighted by Crippen LogP contribution is 2.35. The number of carbonyl (C=O) groups is 1. The van der Waals surface area contributed by atoms with Crippen molar-refractivity contribution in [3.63, 3.8) is 0 Å². The van der Waals surface area contributed by atoms with E-state index in [0.29, 0.717) is 11.9 Å². The predicted octanol–water partition coefficient (Wildman–Crippen LogP) is 2.80. The summed E-state index contributed by atoms with van der Waals surface area (Å²) >= 11 is 0. The second-order valence-corrected chi connectivity index (χ2v) is 6.76. The summed E-state index contributed by atoms with van der Waals surface area (Å²) in [6, 6.07) is 0.474. The first-order chi connectivity index (χ1) is 9.09. The van der Waals surface area contributed by atoms with Crippen molar-refractivity contribution < 1.29 is 4.79 Å². The molecule has 0 spiro atoms. The van der Waals surface area contributed by atoms with E-state index in [1.54, 1.807) is 0 Å². The van der Waals surface area contributed by atoms with Gasteiger partial charge in [-0.3, -0.25) is 4.79 Å². The van der Waals surface area contributed by atoms with Crippen molar-refractivity contribution in [1.82, 2.24) is 10.2 Å². The summed E-state index contributed by atoms with van der Waals surface area (Å²) in [4.78, 5) is 15.0. The second-order valence-electron chi connectivity index (χ2n) is 6.76. The van der Waals surface area contributed by atoms with Crippen molar-refractivity contribution in [2.75, 3.05) is 20.1 Å². The lowest BCUT2D eigenvalue weighted by atomic mass is 9.76. The average Bonchev–Trinajstić information content (AvgIpc) is 2.46. The summed E-state index contributed by atoms with van der Waals surface area (Å²) in [5.74, 6) is 1.16. The van der Waals surface area contributed by atoms with E-state index in [4.69, 9.17) is 0 Å². The Bertz CT molecular complexity index is 310. The number of nitrogens with one attached hydrogen (secondary N) is 1. The van der Waals surface area contributed by atoms with Crippen molar-refractivity contribution >= 4 is 5.91 Å². The summed E-state index contributed by atoms with van der Waals surface area (Å²) in [5.41, 5.74) is -0.131. The molecule has 0 aromatic carbocycles. The van der Waals surface area contributed by atoms with E-state index in [2.05, 4.69) is 24.1 Å². The van der Waals surface area contributed by atoms with Gasteiger partial charge < -0.3 is 10.2 Å². The molecule has 0 radical (unpaired) electrons. The minimum Gasteiger partial charge on any atom is -0.342 e.